The Hall–Kier alpha value is -0.690. The first-order valence-corrected chi connectivity index (χ1v) is 8.07. The standard InChI is InChI=1S/C12H17ClN2O3S/c1-9-8-18-10(2)7-15(9)19(16,17)12-4-3-11(5-13)6-14-12/h3-4,6,9-10H,5,7-8H2,1-2H3. The van der Waals surface area contributed by atoms with Gasteiger partial charge < -0.3 is 4.74 Å². The van der Waals surface area contributed by atoms with Crippen LogP contribution in [-0.2, 0) is 20.6 Å². The third-order valence-corrected chi connectivity index (χ3v) is 5.28. The van der Waals surface area contributed by atoms with E-state index in [1.54, 1.807) is 6.07 Å². The molecule has 2 atom stereocenters. The molecule has 0 saturated carbocycles. The van der Waals surface area contributed by atoms with Crippen LogP contribution in [0.4, 0.5) is 0 Å². The average molecular weight is 305 g/mol. The van der Waals surface area contributed by atoms with Gasteiger partial charge >= 0.3 is 0 Å². The Morgan fingerprint density at radius 1 is 1.47 bits per heavy atom. The van der Waals surface area contributed by atoms with E-state index in [1.165, 1.54) is 16.6 Å². The molecule has 1 aromatic heterocycles. The predicted molar refractivity (Wildman–Crippen MR) is 72.6 cm³/mol. The van der Waals surface area contributed by atoms with E-state index in [-0.39, 0.29) is 17.2 Å². The predicted octanol–water partition coefficient (Wildman–Crippen LogP) is 1.62. The van der Waals surface area contributed by atoms with E-state index in [1.807, 2.05) is 13.8 Å². The quantitative estimate of drug-likeness (QED) is 0.796. The summed E-state index contributed by atoms with van der Waals surface area (Å²) in [5.74, 6) is 0.318. The molecule has 1 aliphatic heterocycles. The van der Waals surface area contributed by atoms with Crippen molar-refractivity contribution in [1.29, 1.82) is 0 Å². The Morgan fingerprint density at radius 3 is 2.79 bits per heavy atom. The smallest absolute Gasteiger partial charge is 0.260 e. The fraction of sp³-hybridized carbons (Fsp3) is 0.583. The SMILES string of the molecule is CC1CN(S(=O)(=O)c2ccc(CCl)cn2)C(C)CO1. The summed E-state index contributed by atoms with van der Waals surface area (Å²) < 4.78 is 31.9. The topological polar surface area (TPSA) is 59.5 Å². The molecule has 106 valence electrons. The summed E-state index contributed by atoms with van der Waals surface area (Å²) in [6, 6.07) is 3.00. The van der Waals surface area contributed by atoms with Crippen LogP contribution >= 0.6 is 11.6 Å². The molecule has 2 heterocycles. The molecule has 0 aliphatic carbocycles. The van der Waals surface area contributed by atoms with Crippen LogP contribution in [0.5, 0.6) is 0 Å². The number of rotatable bonds is 3. The highest BCUT2D eigenvalue weighted by Crippen LogP contribution is 2.21. The summed E-state index contributed by atoms with van der Waals surface area (Å²) in [5.41, 5.74) is 0.795. The van der Waals surface area contributed by atoms with Crippen molar-refractivity contribution < 1.29 is 13.2 Å². The maximum Gasteiger partial charge on any atom is 0.260 e. The highest BCUT2D eigenvalue weighted by molar-refractivity contribution is 7.89. The Labute approximate surface area is 118 Å². The summed E-state index contributed by atoms with van der Waals surface area (Å²) in [6.07, 6.45) is 1.39. The van der Waals surface area contributed by atoms with Crippen LogP contribution in [-0.4, -0.2) is 43.0 Å². The van der Waals surface area contributed by atoms with Crippen LogP contribution in [0.3, 0.4) is 0 Å². The number of ether oxygens (including phenoxy) is 1. The zero-order chi connectivity index (χ0) is 14.0. The van der Waals surface area contributed by atoms with Crippen LogP contribution in [0.1, 0.15) is 19.4 Å². The van der Waals surface area contributed by atoms with Crippen LogP contribution in [0.2, 0.25) is 0 Å². The molecule has 7 heteroatoms. The maximum absolute atomic E-state index is 12.5. The number of hydrogen-bond acceptors (Lipinski definition) is 4. The number of morpholine rings is 1. The van der Waals surface area contributed by atoms with Crippen molar-refractivity contribution in [2.45, 2.75) is 36.9 Å². The summed E-state index contributed by atoms with van der Waals surface area (Å²) >= 11 is 5.67. The largest absolute Gasteiger partial charge is 0.375 e. The van der Waals surface area contributed by atoms with E-state index < -0.39 is 10.0 Å². The van der Waals surface area contributed by atoms with Gasteiger partial charge in [-0.15, -0.1) is 11.6 Å². The van der Waals surface area contributed by atoms with E-state index >= 15 is 0 Å². The zero-order valence-electron chi connectivity index (χ0n) is 10.9. The fourth-order valence-electron chi connectivity index (χ4n) is 1.97. The Kier molecular flexibility index (Phi) is 4.45. The molecule has 0 amide bonds. The Bertz CT molecular complexity index is 532. The van der Waals surface area contributed by atoms with Crippen molar-refractivity contribution in [3.05, 3.63) is 23.9 Å². The first-order chi connectivity index (χ1) is 8.95. The van der Waals surface area contributed by atoms with Gasteiger partial charge in [-0.3, -0.25) is 0 Å². The summed E-state index contributed by atoms with van der Waals surface area (Å²) in [7, 11) is -3.57. The minimum atomic E-state index is -3.57. The molecular formula is C12H17ClN2O3S. The third-order valence-electron chi connectivity index (χ3n) is 3.08. The summed E-state index contributed by atoms with van der Waals surface area (Å²) in [5, 5.41) is 0.0577. The van der Waals surface area contributed by atoms with Gasteiger partial charge in [0.25, 0.3) is 10.0 Å². The Balaban J connectivity index is 2.29. The van der Waals surface area contributed by atoms with E-state index in [0.717, 1.165) is 5.56 Å². The van der Waals surface area contributed by atoms with Crippen LogP contribution in [0.25, 0.3) is 0 Å². The van der Waals surface area contributed by atoms with E-state index in [9.17, 15) is 8.42 Å². The molecule has 19 heavy (non-hydrogen) atoms. The fourth-order valence-corrected chi connectivity index (χ4v) is 3.74. The molecule has 0 bridgehead atoms. The molecule has 1 fully saturated rings. The lowest BCUT2D eigenvalue weighted by Gasteiger charge is -2.35. The van der Waals surface area contributed by atoms with Gasteiger partial charge in [-0.05, 0) is 25.5 Å². The summed E-state index contributed by atoms with van der Waals surface area (Å²) in [6.45, 7) is 4.44. The van der Waals surface area contributed by atoms with Gasteiger partial charge in [-0.25, -0.2) is 13.4 Å². The minimum Gasteiger partial charge on any atom is -0.375 e. The second kappa shape index (κ2) is 5.75. The third kappa shape index (κ3) is 3.08. The number of halogens is 1. The molecule has 2 unspecified atom stereocenters. The summed E-state index contributed by atoms with van der Waals surface area (Å²) in [4.78, 5) is 4.00. The molecule has 1 aromatic rings. The van der Waals surface area contributed by atoms with Gasteiger partial charge in [-0.1, -0.05) is 6.07 Å². The highest BCUT2D eigenvalue weighted by Gasteiger charge is 2.34. The molecule has 1 aliphatic rings. The van der Waals surface area contributed by atoms with Crippen molar-refractivity contribution in [3.63, 3.8) is 0 Å². The number of aromatic nitrogens is 1. The number of alkyl halides is 1. The zero-order valence-corrected chi connectivity index (χ0v) is 12.5. The number of nitrogens with zero attached hydrogens (tertiary/aromatic N) is 2. The molecule has 5 nitrogen and oxygen atoms in total. The van der Waals surface area contributed by atoms with Crippen molar-refractivity contribution >= 4 is 21.6 Å². The van der Waals surface area contributed by atoms with Gasteiger partial charge in [0.05, 0.1) is 12.7 Å². The maximum atomic E-state index is 12.5. The van der Waals surface area contributed by atoms with E-state index in [4.69, 9.17) is 16.3 Å². The molecule has 0 aromatic carbocycles. The van der Waals surface area contributed by atoms with Gasteiger partial charge in [0.15, 0.2) is 5.03 Å². The van der Waals surface area contributed by atoms with Crippen LogP contribution in [0, 0.1) is 0 Å². The first kappa shape index (κ1) is 14.7. The number of sulfonamides is 1. The minimum absolute atomic E-state index is 0.0577. The van der Waals surface area contributed by atoms with Crippen molar-refractivity contribution in [1.82, 2.24) is 9.29 Å². The lowest BCUT2D eigenvalue weighted by Crippen LogP contribution is -2.50. The first-order valence-electron chi connectivity index (χ1n) is 6.09. The normalized spacial score (nSPS) is 25.4. The second-order valence-electron chi connectivity index (χ2n) is 4.71. The number of pyridine rings is 1. The molecule has 0 radical (unpaired) electrons. The van der Waals surface area contributed by atoms with Crippen molar-refractivity contribution in [2.24, 2.45) is 0 Å². The van der Waals surface area contributed by atoms with Gasteiger partial charge in [0.2, 0.25) is 0 Å². The molecule has 1 saturated heterocycles. The number of hydrogen-bond donors (Lipinski definition) is 0. The molecular weight excluding hydrogens is 288 g/mol. The van der Waals surface area contributed by atoms with E-state index in [2.05, 4.69) is 4.98 Å². The lowest BCUT2D eigenvalue weighted by atomic mass is 10.2. The van der Waals surface area contributed by atoms with Gasteiger partial charge in [0.1, 0.15) is 0 Å². The van der Waals surface area contributed by atoms with Gasteiger partial charge in [-0.2, -0.15) is 4.31 Å². The second-order valence-corrected chi connectivity index (χ2v) is 6.81. The Morgan fingerprint density at radius 2 is 2.21 bits per heavy atom. The van der Waals surface area contributed by atoms with E-state index in [0.29, 0.717) is 19.0 Å². The molecule has 2 rings (SSSR count). The van der Waals surface area contributed by atoms with Crippen molar-refractivity contribution in [3.8, 4) is 0 Å². The lowest BCUT2D eigenvalue weighted by molar-refractivity contribution is -0.0171. The highest BCUT2D eigenvalue weighted by atomic mass is 35.5. The van der Waals surface area contributed by atoms with Crippen LogP contribution in [0.15, 0.2) is 23.4 Å². The van der Waals surface area contributed by atoms with Crippen LogP contribution < -0.4 is 0 Å². The monoisotopic (exact) mass is 304 g/mol. The average Bonchev–Trinajstić information content (AvgIpc) is 2.41. The van der Waals surface area contributed by atoms with Crippen molar-refractivity contribution in [2.75, 3.05) is 13.2 Å². The molecule has 0 N–H and O–H groups in total. The van der Waals surface area contributed by atoms with Gasteiger partial charge in [0, 0.05) is 24.7 Å². The molecule has 0 spiro atoms.